The fourth-order valence-corrected chi connectivity index (χ4v) is 1.53. The summed E-state index contributed by atoms with van der Waals surface area (Å²) in [5.74, 6) is -0.152. The van der Waals surface area contributed by atoms with E-state index in [0.29, 0.717) is 24.5 Å². The van der Waals surface area contributed by atoms with Gasteiger partial charge in [-0.25, -0.2) is 9.37 Å². The van der Waals surface area contributed by atoms with Gasteiger partial charge in [0.15, 0.2) is 11.6 Å². The van der Waals surface area contributed by atoms with Crippen LogP contribution in [-0.4, -0.2) is 23.1 Å². The summed E-state index contributed by atoms with van der Waals surface area (Å²) < 4.78 is 13.6. The third-order valence-corrected chi connectivity index (χ3v) is 2.51. The maximum Gasteiger partial charge on any atom is 0.167 e. The molecule has 0 aliphatic heterocycles. The molecule has 0 atom stereocenters. The molecule has 1 rings (SSSR count). The number of nitrogens with two attached hydrogens (primary N) is 1. The molecule has 1 aromatic heterocycles. The molecule has 16 heavy (non-hydrogen) atoms. The highest BCUT2D eigenvalue weighted by Crippen LogP contribution is 2.19. The van der Waals surface area contributed by atoms with E-state index in [4.69, 9.17) is 29.6 Å². The zero-order valence-corrected chi connectivity index (χ0v) is 10.5. The van der Waals surface area contributed by atoms with Gasteiger partial charge in [0.2, 0.25) is 0 Å². The number of thiocarbonyl (C=S) groups is 1. The van der Waals surface area contributed by atoms with Crippen molar-refractivity contribution in [2.24, 2.45) is 5.73 Å². The second-order valence-electron chi connectivity index (χ2n) is 3.25. The molecule has 3 nitrogen and oxygen atoms in total. The van der Waals surface area contributed by atoms with Crippen LogP contribution < -0.4 is 10.6 Å². The van der Waals surface area contributed by atoms with Gasteiger partial charge in [-0.15, -0.1) is 0 Å². The lowest BCUT2D eigenvalue weighted by molar-refractivity contribution is 0.611. The van der Waals surface area contributed by atoms with E-state index >= 15 is 0 Å². The molecule has 0 aromatic carbocycles. The molecule has 0 amide bonds. The van der Waals surface area contributed by atoms with Crippen LogP contribution in [0.4, 0.5) is 10.2 Å². The second kappa shape index (κ2) is 5.96. The fraction of sp³-hybridized carbons (Fsp3) is 0.400. The van der Waals surface area contributed by atoms with Crippen molar-refractivity contribution < 1.29 is 4.39 Å². The number of aromatic nitrogens is 1. The van der Waals surface area contributed by atoms with Crippen LogP contribution in [0.3, 0.4) is 0 Å². The lowest BCUT2D eigenvalue weighted by Crippen LogP contribution is -2.28. The van der Waals surface area contributed by atoms with Crippen molar-refractivity contribution in [3.63, 3.8) is 0 Å². The smallest absolute Gasteiger partial charge is 0.167 e. The van der Waals surface area contributed by atoms with Crippen molar-refractivity contribution >= 4 is 34.6 Å². The van der Waals surface area contributed by atoms with E-state index in [2.05, 4.69) is 4.98 Å². The summed E-state index contributed by atoms with van der Waals surface area (Å²) in [7, 11) is 0. The number of halogens is 2. The van der Waals surface area contributed by atoms with Crippen molar-refractivity contribution in [1.82, 2.24) is 4.98 Å². The summed E-state index contributed by atoms with van der Waals surface area (Å²) in [6.07, 6.45) is 1.95. The second-order valence-corrected chi connectivity index (χ2v) is 4.22. The Labute approximate surface area is 104 Å². The summed E-state index contributed by atoms with van der Waals surface area (Å²) in [4.78, 5) is 6.14. The number of anilines is 1. The van der Waals surface area contributed by atoms with Gasteiger partial charge in [-0.2, -0.15) is 0 Å². The maximum atomic E-state index is 13.6. The Morgan fingerprint density at radius 1 is 1.69 bits per heavy atom. The van der Waals surface area contributed by atoms with E-state index in [1.807, 2.05) is 6.92 Å². The minimum Gasteiger partial charge on any atom is -0.393 e. The predicted molar refractivity (Wildman–Crippen MR) is 68.5 cm³/mol. The van der Waals surface area contributed by atoms with Gasteiger partial charge in [-0.3, -0.25) is 0 Å². The maximum absolute atomic E-state index is 13.6. The molecule has 1 aromatic rings. The Kier molecular flexibility index (Phi) is 4.89. The molecule has 1 heterocycles. The largest absolute Gasteiger partial charge is 0.393 e. The molecule has 0 saturated heterocycles. The Morgan fingerprint density at radius 2 is 2.38 bits per heavy atom. The van der Waals surface area contributed by atoms with E-state index in [9.17, 15) is 4.39 Å². The first-order chi connectivity index (χ1) is 7.54. The van der Waals surface area contributed by atoms with Crippen LogP contribution in [0, 0.1) is 5.82 Å². The molecule has 0 aliphatic carbocycles. The highest BCUT2D eigenvalue weighted by molar-refractivity contribution is 7.80. The van der Waals surface area contributed by atoms with Crippen LogP contribution in [0.2, 0.25) is 5.02 Å². The molecule has 0 fully saturated rings. The first-order valence-corrected chi connectivity index (χ1v) is 5.67. The van der Waals surface area contributed by atoms with E-state index in [-0.39, 0.29) is 10.8 Å². The third-order valence-electron chi connectivity index (χ3n) is 2.10. The van der Waals surface area contributed by atoms with Gasteiger partial charge >= 0.3 is 0 Å². The monoisotopic (exact) mass is 261 g/mol. The van der Waals surface area contributed by atoms with Crippen molar-refractivity contribution in [1.29, 1.82) is 0 Å². The van der Waals surface area contributed by atoms with Crippen molar-refractivity contribution in [2.45, 2.75) is 13.3 Å². The number of rotatable bonds is 5. The SMILES string of the molecule is CCN(CCC(N)=S)c1ncc(Cl)cc1F. The zero-order valence-electron chi connectivity index (χ0n) is 8.91. The minimum absolute atomic E-state index is 0.281. The lowest BCUT2D eigenvalue weighted by Gasteiger charge is -2.21. The molecule has 88 valence electrons. The predicted octanol–water partition coefficient (Wildman–Crippen LogP) is 2.38. The molecule has 0 unspecified atom stereocenters. The van der Waals surface area contributed by atoms with Gasteiger partial charge in [0, 0.05) is 25.7 Å². The molecular formula is C10H13ClFN3S. The van der Waals surface area contributed by atoms with Crippen LogP contribution in [0.15, 0.2) is 12.3 Å². The standard InChI is InChI=1S/C10H13ClFN3S/c1-2-15(4-3-9(13)16)10-8(12)5-7(11)6-14-10/h5-6H,2-4H2,1H3,(H2,13,16). The zero-order chi connectivity index (χ0) is 12.1. The van der Waals surface area contributed by atoms with Gasteiger partial charge in [-0.05, 0) is 13.0 Å². The Bertz CT molecular complexity index is 386. The van der Waals surface area contributed by atoms with Crippen LogP contribution in [0.5, 0.6) is 0 Å². The molecule has 0 bridgehead atoms. The number of pyridine rings is 1. The first-order valence-electron chi connectivity index (χ1n) is 4.89. The summed E-state index contributed by atoms with van der Waals surface area (Å²) in [6, 6.07) is 1.24. The van der Waals surface area contributed by atoms with Crippen molar-refractivity contribution in [3.05, 3.63) is 23.1 Å². The van der Waals surface area contributed by atoms with Crippen LogP contribution in [0.1, 0.15) is 13.3 Å². The molecule has 0 aliphatic rings. The van der Waals surface area contributed by atoms with E-state index < -0.39 is 5.82 Å². The average molecular weight is 262 g/mol. The Hall–Kier alpha value is -0.940. The molecule has 0 spiro atoms. The van der Waals surface area contributed by atoms with Crippen LogP contribution in [0.25, 0.3) is 0 Å². The number of hydrogen-bond donors (Lipinski definition) is 1. The van der Waals surface area contributed by atoms with E-state index in [1.165, 1.54) is 12.3 Å². The normalized spacial score (nSPS) is 10.2. The molecule has 2 N–H and O–H groups in total. The molecular weight excluding hydrogens is 249 g/mol. The summed E-state index contributed by atoms with van der Waals surface area (Å²) in [5.41, 5.74) is 5.41. The molecule has 0 radical (unpaired) electrons. The number of nitrogens with zero attached hydrogens (tertiary/aromatic N) is 2. The van der Waals surface area contributed by atoms with Gasteiger partial charge in [0.05, 0.1) is 10.0 Å². The van der Waals surface area contributed by atoms with Gasteiger partial charge in [0.1, 0.15) is 0 Å². The molecule has 0 saturated carbocycles. The lowest BCUT2D eigenvalue weighted by atomic mass is 10.3. The quantitative estimate of drug-likeness (QED) is 0.827. The van der Waals surface area contributed by atoms with Gasteiger partial charge in [0.25, 0.3) is 0 Å². The fourth-order valence-electron chi connectivity index (χ4n) is 1.30. The Balaban J connectivity index is 2.82. The number of hydrogen-bond acceptors (Lipinski definition) is 3. The van der Waals surface area contributed by atoms with Gasteiger partial charge < -0.3 is 10.6 Å². The minimum atomic E-state index is -0.433. The highest BCUT2D eigenvalue weighted by Gasteiger charge is 2.12. The van der Waals surface area contributed by atoms with Crippen molar-refractivity contribution in [3.8, 4) is 0 Å². The summed E-state index contributed by atoms with van der Waals surface area (Å²) in [5, 5.41) is 0.284. The Morgan fingerprint density at radius 3 is 2.88 bits per heavy atom. The average Bonchev–Trinajstić information content (AvgIpc) is 2.21. The van der Waals surface area contributed by atoms with Crippen LogP contribution in [-0.2, 0) is 0 Å². The van der Waals surface area contributed by atoms with Gasteiger partial charge in [-0.1, -0.05) is 23.8 Å². The molecule has 6 heteroatoms. The van der Waals surface area contributed by atoms with Crippen LogP contribution >= 0.6 is 23.8 Å². The first kappa shape index (κ1) is 13.1. The summed E-state index contributed by atoms with van der Waals surface area (Å²) >= 11 is 10.4. The third kappa shape index (κ3) is 3.57. The topological polar surface area (TPSA) is 42.1 Å². The highest BCUT2D eigenvalue weighted by atomic mass is 35.5. The van der Waals surface area contributed by atoms with E-state index in [1.54, 1.807) is 4.90 Å². The van der Waals surface area contributed by atoms with Crippen molar-refractivity contribution in [2.75, 3.05) is 18.0 Å². The van der Waals surface area contributed by atoms with E-state index in [0.717, 1.165) is 0 Å². The summed E-state index contributed by atoms with van der Waals surface area (Å²) in [6.45, 7) is 3.10.